The number of rotatable bonds is 6. The highest BCUT2D eigenvalue weighted by Crippen LogP contribution is 2.18. The summed E-state index contributed by atoms with van der Waals surface area (Å²) in [5.41, 5.74) is 9.79. The molecule has 96 valence electrons. The van der Waals surface area contributed by atoms with Crippen LogP contribution in [0.2, 0.25) is 0 Å². The van der Waals surface area contributed by atoms with Gasteiger partial charge in [0.2, 0.25) is 0 Å². The minimum atomic E-state index is 0.545. The number of hydrogen-bond donors (Lipinski definition) is 2. The van der Waals surface area contributed by atoms with Crippen LogP contribution in [0, 0.1) is 12.8 Å². The van der Waals surface area contributed by atoms with Crippen LogP contribution in [0.15, 0.2) is 18.2 Å². The zero-order valence-electron chi connectivity index (χ0n) is 11.6. The van der Waals surface area contributed by atoms with Crippen molar-refractivity contribution in [2.45, 2.75) is 40.2 Å². The molecule has 1 atom stereocenters. The van der Waals surface area contributed by atoms with Crippen molar-refractivity contribution in [1.82, 2.24) is 5.32 Å². The average Bonchev–Trinajstić information content (AvgIpc) is 2.30. The molecule has 0 radical (unpaired) electrons. The van der Waals surface area contributed by atoms with Gasteiger partial charge in [0.25, 0.3) is 0 Å². The summed E-state index contributed by atoms with van der Waals surface area (Å²) in [5.74, 6) is 1.14. The largest absolute Gasteiger partial charge is 0.330 e. The zero-order valence-corrected chi connectivity index (χ0v) is 11.6. The maximum absolute atomic E-state index is 5.61. The fraction of sp³-hybridized carbons (Fsp3) is 0.600. The SMILES string of the molecule is Cc1ccc(C(C)C)cc1CNCC(C)CN. The van der Waals surface area contributed by atoms with E-state index in [0.717, 1.165) is 19.6 Å². The van der Waals surface area contributed by atoms with E-state index in [1.165, 1.54) is 16.7 Å². The molecule has 0 saturated carbocycles. The predicted octanol–water partition coefficient (Wildman–Crippen LogP) is 2.80. The third-order valence-corrected chi connectivity index (χ3v) is 3.25. The van der Waals surface area contributed by atoms with Crippen molar-refractivity contribution in [2.24, 2.45) is 11.7 Å². The monoisotopic (exact) mass is 234 g/mol. The van der Waals surface area contributed by atoms with E-state index in [0.29, 0.717) is 11.8 Å². The Morgan fingerprint density at radius 3 is 2.53 bits per heavy atom. The molecule has 0 bridgehead atoms. The molecule has 2 heteroatoms. The Labute approximate surface area is 106 Å². The highest BCUT2D eigenvalue weighted by molar-refractivity contribution is 5.32. The van der Waals surface area contributed by atoms with E-state index in [-0.39, 0.29) is 0 Å². The first-order valence-electron chi connectivity index (χ1n) is 6.54. The maximum Gasteiger partial charge on any atom is 0.0208 e. The van der Waals surface area contributed by atoms with Gasteiger partial charge in [-0.2, -0.15) is 0 Å². The second kappa shape index (κ2) is 6.77. The minimum absolute atomic E-state index is 0.545. The maximum atomic E-state index is 5.61. The molecule has 0 heterocycles. The first-order chi connectivity index (χ1) is 8.04. The van der Waals surface area contributed by atoms with E-state index in [9.17, 15) is 0 Å². The number of hydrogen-bond acceptors (Lipinski definition) is 2. The van der Waals surface area contributed by atoms with Crippen molar-refractivity contribution in [2.75, 3.05) is 13.1 Å². The molecule has 1 aromatic rings. The standard InChI is InChI=1S/C15H26N2/c1-11(2)14-6-5-13(4)15(7-14)10-17-9-12(3)8-16/h5-7,11-12,17H,8-10,16H2,1-4H3. The molecular weight excluding hydrogens is 208 g/mol. The molecule has 0 aliphatic heterocycles. The van der Waals surface area contributed by atoms with Gasteiger partial charge in [0.1, 0.15) is 0 Å². The molecule has 0 saturated heterocycles. The summed E-state index contributed by atoms with van der Waals surface area (Å²) >= 11 is 0. The van der Waals surface area contributed by atoms with Crippen LogP contribution in [0.1, 0.15) is 43.4 Å². The topological polar surface area (TPSA) is 38.0 Å². The Bertz CT molecular complexity index is 345. The Balaban J connectivity index is 2.60. The first kappa shape index (κ1) is 14.2. The first-order valence-corrected chi connectivity index (χ1v) is 6.54. The van der Waals surface area contributed by atoms with Crippen molar-refractivity contribution in [1.29, 1.82) is 0 Å². The van der Waals surface area contributed by atoms with Gasteiger partial charge in [-0.25, -0.2) is 0 Å². The zero-order chi connectivity index (χ0) is 12.8. The van der Waals surface area contributed by atoms with Gasteiger partial charge in [0.15, 0.2) is 0 Å². The van der Waals surface area contributed by atoms with E-state index in [4.69, 9.17) is 5.73 Å². The van der Waals surface area contributed by atoms with Crippen LogP contribution in [-0.4, -0.2) is 13.1 Å². The third-order valence-electron chi connectivity index (χ3n) is 3.25. The fourth-order valence-corrected chi connectivity index (χ4v) is 1.78. The molecule has 0 aliphatic rings. The fourth-order valence-electron chi connectivity index (χ4n) is 1.78. The summed E-state index contributed by atoms with van der Waals surface area (Å²) in [6.45, 7) is 11.5. The van der Waals surface area contributed by atoms with Crippen LogP contribution in [0.25, 0.3) is 0 Å². The highest BCUT2D eigenvalue weighted by atomic mass is 14.9. The molecule has 0 amide bonds. The average molecular weight is 234 g/mol. The van der Waals surface area contributed by atoms with Gasteiger partial charge in [-0.15, -0.1) is 0 Å². The van der Waals surface area contributed by atoms with Crippen molar-refractivity contribution >= 4 is 0 Å². The van der Waals surface area contributed by atoms with Crippen LogP contribution in [0.5, 0.6) is 0 Å². The van der Waals surface area contributed by atoms with Gasteiger partial charge in [-0.3, -0.25) is 0 Å². The number of nitrogens with one attached hydrogen (secondary N) is 1. The van der Waals surface area contributed by atoms with Gasteiger partial charge in [0, 0.05) is 6.54 Å². The van der Waals surface area contributed by atoms with Crippen molar-refractivity contribution in [3.8, 4) is 0 Å². The highest BCUT2D eigenvalue weighted by Gasteiger charge is 2.04. The summed E-state index contributed by atoms with van der Waals surface area (Å²) in [6.07, 6.45) is 0. The van der Waals surface area contributed by atoms with Gasteiger partial charge in [-0.05, 0) is 48.5 Å². The van der Waals surface area contributed by atoms with Gasteiger partial charge in [-0.1, -0.05) is 39.0 Å². The van der Waals surface area contributed by atoms with Gasteiger partial charge >= 0.3 is 0 Å². The van der Waals surface area contributed by atoms with Crippen LogP contribution in [-0.2, 0) is 6.54 Å². The number of nitrogens with two attached hydrogens (primary N) is 1. The van der Waals surface area contributed by atoms with Crippen LogP contribution in [0.4, 0.5) is 0 Å². The molecule has 0 spiro atoms. The van der Waals surface area contributed by atoms with E-state index in [1.54, 1.807) is 0 Å². The molecule has 17 heavy (non-hydrogen) atoms. The summed E-state index contributed by atoms with van der Waals surface area (Å²) in [4.78, 5) is 0. The molecule has 1 unspecified atom stereocenters. The molecule has 0 aliphatic carbocycles. The summed E-state index contributed by atoms with van der Waals surface area (Å²) < 4.78 is 0. The Morgan fingerprint density at radius 1 is 1.24 bits per heavy atom. The Hall–Kier alpha value is -0.860. The van der Waals surface area contributed by atoms with Gasteiger partial charge < -0.3 is 11.1 Å². The van der Waals surface area contributed by atoms with Crippen LogP contribution >= 0.6 is 0 Å². The van der Waals surface area contributed by atoms with Crippen molar-refractivity contribution in [3.05, 3.63) is 34.9 Å². The van der Waals surface area contributed by atoms with Crippen molar-refractivity contribution in [3.63, 3.8) is 0 Å². The lowest BCUT2D eigenvalue weighted by Gasteiger charge is -2.14. The molecular formula is C15H26N2. The minimum Gasteiger partial charge on any atom is -0.330 e. The molecule has 2 nitrogen and oxygen atoms in total. The quantitative estimate of drug-likeness (QED) is 0.794. The van der Waals surface area contributed by atoms with Crippen LogP contribution in [0.3, 0.4) is 0 Å². The van der Waals surface area contributed by atoms with E-state index < -0.39 is 0 Å². The van der Waals surface area contributed by atoms with Gasteiger partial charge in [0.05, 0.1) is 0 Å². The molecule has 1 aromatic carbocycles. The molecule has 3 N–H and O–H groups in total. The lowest BCUT2D eigenvalue weighted by Crippen LogP contribution is -2.26. The summed E-state index contributed by atoms with van der Waals surface area (Å²) in [7, 11) is 0. The van der Waals surface area contributed by atoms with E-state index in [2.05, 4.69) is 51.2 Å². The smallest absolute Gasteiger partial charge is 0.0208 e. The second-order valence-electron chi connectivity index (χ2n) is 5.31. The van der Waals surface area contributed by atoms with Crippen LogP contribution < -0.4 is 11.1 Å². The van der Waals surface area contributed by atoms with Crippen molar-refractivity contribution < 1.29 is 0 Å². The molecule has 0 fully saturated rings. The third kappa shape index (κ3) is 4.49. The Kier molecular flexibility index (Phi) is 5.66. The molecule has 1 rings (SSSR count). The second-order valence-corrected chi connectivity index (χ2v) is 5.31. The normalized spacial score (nSPS) is 13.1. The Morgan fingerprint density at radius 2 is 1.94 bits per heavy atom. The van der Waals surface area contributed by atoms with E-state index >= 15 is 0 Å². The lowest BCUT2D eigenvalue weighted by molar-refractivity contribution is 0.521. The molecule has 0 aromatic heterocycles. The number of aryl methyl sites for hydroxylation is 1. The number of benzene rings is 1. The summed E-state index contributed by atoms with van der Waals surface area (Å²) in [6, 6.07) is 6.77. The predicted molar refractivity (Wildman–Crippen MR) is 75.2 cm³/mol. The van der Waals surface area contributed by atoms with E-state index in [1.807, 2.05) is 0 Å². The summed E-state index contributed by atoms with van der Waals surface area (Å²) in [5, 5.41) is 3.48. The lowest BCUT2D eigenvalue weighted by atomic mass is 9.98.